The lowest BCUT2D eigenvalue weighted by Crippen LogP contribution is -2.34. The number of nitriles is 1. The monoisotopic (exact) mass is 285 g/mol. The van der Waals surface area contributed by atoms with Gasteiger partial charge in [0.1, 0.15) is 5.82 Å². The standard InChI is InChI=1S/C12H16FN3O2S/c1-3-16(8-9(2)7-14)19(17,18)10-4-5-12(15)11(13)6-10/h4-6,9H,3,8,15H2,1-2H3. The highest BCUT2D eigenvalue weighted by molar-refractivity contribution is 7.89. The average molecular weight is 285 g/mol. The van der Waals surface area contributed by atoms with Crippen LogP contribution in [0, 0.1) is 23.1 Å². The van der Waals surface area contributed by atoms with E-state index < -0.39 is 21.8 Å². The zero-order chi connectivity index (χ0) is 14.6. The molecule has 0 saturated heterocycles. The number of nitrogens with zero attached hydrogens (tertiary/aromatic N) is 2. The summed E-state index contributed by atoms with van der Waals surface area (Å²) in [5, 5.41) is 8.75. The maximum absolute atomic E-state index is 13.3. The van der Waals surface area contributed by atoms with Gasteiger partial charge < -0.3 is 5.73 Å². The summed E-state index contributed by atoms with van der Waals surface area (Å²) in [6.07, 6.45) is 0. The van der Waals surface area contributed by atoms with Crippen LogP contribution < -0.4 is 5.73 Å². The number of nitrogen functional groups attached to an aromatic ring is 1. The number of hydrogen-bond donors (Lipinski definition) is 1. The van der Waals surface area contributed by atoms with Crippen molar-refractivity contribution >= 4 is 15.7 Å². The molecule has 2 N–H and O–H groups in total. The first-order chi connectivity index (χ1) is 8.82. The molecule has 0 amide bonds. The molecule has 1 rings (SSSR count). The fourth-order valence-corrected chi connectivity index (χ4v) is 3.11. The Morgan fingerprint density at radius 1 is 1.53 bits per heavy atom. The molecular formula is C12H16FN3O2S. The van der Waals surface area contributed by atoms with Crippen LogP contribution in [0.5, 0.6) is 0 Å². The van der Waals surface area contributed by atoms with E-state index in [9.17, 15) is 12.8 Å². The highest BCUT2D eigenvalue weighted by Gasteiger charge is 2.25. The van der Waals surface area contributed by atoms with E-state index in [2.05, 4.69) is 0 Å². The lowest BCUT2D eigenvalue weighted by Gasteiger charge is -2.21. The number of halogens is 1. The number of benzene rings is 1. The summed E-state index contributed by atoms with van der Waals surface area (Å²) in [6, 6.07) is 5.34. The molecule has 0 aromatic heterocycles. The van der Waals surface area contributed by atoms with Gasteiger partial charge in [-0.3, -0.25) is 0 Å². The third-order valence-electron chi connectivity index (χ3n) is 2.66. The van der Waals surface area contributed by atoms with Crippen molar-refractivity contribution in [3.8, 4) is 6.07 Å². The second kappa shape index (κ2) is 5.99. The van der Waals surface area contributed by atoms with E-state index >= 15 is 0 Å². The van der Waals surface area contributed by atoms with Gasteiger partial charge in [-0.25, -0.2) is 12.8 Å². The van der Waals surface area contributed by atoms with Gasteiger partial charge in [-0.15, -0.1) is 0 Å². The van der Waals surface area contributed by atoms with Crippen LogP contribution in [0.4, 0.5) is 10.1 Å². The van der Waals surface area contributed by atoms with E-state index in [4.69, 9.17) is 11.0 Å². The molecule has 1 aromatic rings. The zero-order valence-corrected chi connectivity index (χ0v) is 11.6. The fourth-order valence-electron chi connectivity index (χ4n) is 1.56. The minimum absolute atomic E-state index is 0.0708. The number of anilines is 1. The van der Waals surface area contributed by atoms with Crippen LogP contribution in [0.15, 0.2) is 23.1 Å². The van der Waals surface area contributed by atoms with Crippen molar-refractivity contribution in [2.24, 2.45) is 5.92 Å². The number of hydrogen-bond acceptors (Lipinski definition) is 4. The minimum atomic E-state index is -3.81. The molecule has 0 aliphatic rings. The van der Waals surface area contributed by atoms with Gasteiger partial charge in [0.15, 0.2) is 0 Å². The van der Waals surface area contributed by atoms with Crippen molar-refractivity contribution in [2.45, 2.75) is 18.7 Å². The molecule has 0 saturated carbocycles. The average Bonchev–Trinajstić information content (AvgIpc) is 2.38. The molecule has 104 valence electrons. The topological polar surface area (TPSA) is 87.2 Å². The SMILES string of the molecule is CCN(CC(C)C#N)S(=O)(=O)c1ccc(N)c(F)c1. The molecule has 1 unspecified atom stereocenters. The fraction of sp³-hybridized carbons (Fsp3) is 0.417. The largest absolute Gasteiger partial charge is 0.396 e. The third-order valence-corrected chi connectivity index (χ3v) is 4.60. The Morgan fingerprint density at radius 3 is 2.63 bits per heavy atom. The van der Waals surface area contributed by atoms with Gasteiger partial charge in [0.2, 0.25) is 10.0 Å². The lowest BCUT2D eigenvalue weighted by atomic mass is 10.2. The van der Waals surface area contributed by atoms with Gasteiger partial charge >= 0.3 is 0 Å². The third kappa shape index (κ3) is 3.43. The van der Waals surface area contributed by atoms with Crippen LogP contribution in [0.3, 0.4) is 0 Å². The van der Waals surface area contributed by atoms with Crippen molar-refractivity contribution in [1.29, 1.82) is 5.26 Å². The first-order valence-electron chi connectivity index (χ1n) is 5.77. The van der Waals surface area contributed by atoms with Crippen LogP contribution in [-0.2, 0) is 10.0 Å². The first kappa shape index (κ1) is 15.4. The molecule has 19 heavy (non-hydrogen) atoms. The first-order valence-corrected chi connectivity index (χ1v) is 7.21. The highest BCUT2D eigenvalue weighted by atomic mass is 32.2. The normalized spacial score (nSPS) is 13.2. The molecule has 0 fully saturated rings. The van der Waals surface area contributed by atoms with Crippen LogP contribution in [0.1, 0.15) is 13.8 Å². The van der Waals surface area contributed by atoms with E-state index in [1.807, 2.05) is 6.07 Å². The Morgan fingerprint density at radius 2 is 2.16 bits per heavy atom. The molecule has 0 aliphatic heterocycles. The Bertz CT molecular complexity index is 595. The van der Waals surface area contributed by atoms with Crippen molar-refractivity contribution in [2.75, 3.05) is 18.8 Å². The summed E-state index contributed by atoms with van der Waals surface area (Å²) in [5.41, 5.74) is 5.21. The predicted octanol–water partition coefficient (Wildman–Crippen LogP) is 1.58. The van der Waals surface area contributed by atoms with Crippen molar-refractivity contribution in [3.63, 3.8) is 0 Å². The Hall–Kier alpha value is -1.65. The molecule has 0 aliphatic carbocycles. The second-order valence-electron chi connectivity index (χ2n) is 4.17. The molecule has 1 atom stereocenters. The molecule has 0 radical (unpaired) electrons. The zero-order valence-electron chi connectivity index (χ0n) is 10.8. The van der Waals surface area contributed by atoms with E-state index in [0.717, 1.165) is 10.4 Å². The van der Waals surface area contributed by atoms with E-state index in [1.54, 1.807) is 13.8 Å². The quantitative estimate of drug-likeness (QED) is 0.832. The molecule has 0 bridgehead atoms. The van der Waals surface area contributed by atoms with Crippen LogP contribution >= 0.6 is 0 Å². The van der Waals surface area contributed by atoms with Gasteiger partial charge in [0.05, 0.1) is 22.6 Å². The summed E-state index contributed by atoms with van der Waals surface area (Å²) in [5.74, 6) is -1.21. The summed E-state index contributed by atoms with van der Waals surface area (Å²) < 4.78 is 39.1. The summed E-state index contributed by atoms with van der Waals surface area (Å²) in [6.45, 7) is 3.57. The van der Waals surface area contributed by atoms with Gasteiger partial charge in [-0.05, 0) is 25.1 Å². The highest BCUT2D eigenvalue weighted by Crippen LogP contribution is 2.20. The Labute approximate surface area is 112 Å². The second-order valence-corrected chi connectivity index (χ2v) is 6.11. The molecule has 7 heteroatoms. The summed E-state index contributed by atoms with van der Waals surface area (Å²) in [4.78, 5) is -0.161. The number of nitrogens with two attached hydrogens (primary N) is 1. The van der Waals surface area contributed by atoms with Gasteiger partial charge in [-0.1, -0.05) is 6.92 Å². The Balaban J connectivity index is 3.14. The van der Waals surface area contributed by atoms with Gasteiger partial charge in [0.25, 0.3) is 0 Å². The predicted molar refractivity (Wildman–Crippen MR) is 70.0 cm³/mol. The van der Waals surface area contributed by atoms with E-state index in [0.29, 0.717) is 0 Å². The molecule has 0 spiro atoms. The van der Waals surface area contributed by atoms with Crippen molar-refractivity contribution < 1.29 is 12.8 Å². The molecule has 1 aromatic carbocycles. The van der Waals surface area contributed by atoms with Crippen LogP contribution in [0.25, 0.3) is 0 Å². The number of sulfonamides is 1. The maximum Gasteiger partial charge on any atom is 0.243 e. The van der Waals surface area contributed by atoms with Crippen molar-refractivity contribution in [1.82, 2.24) is 4.31 Å². The van der Waals surface area contributed by atoms with E-state index in [1.165, 1.54) is 12.1 Å². The molecular weight excluding hydrogens is 269 g/mol. The smallest absolute Gasteiger partial charge is 0.243 e. The maximum atomic E-state index is 13.3. The lowest BCUT2D eigenvalue weighted by molar-refractivity contribution is 0.399. The molecule has 5 nitrogen and oxygen atoms in total. The van der Waals surface area contributed by atoms with Gasteiger partial charge in [0, 0.05) is 13.1 Å². The van der Waals surface area contributed by atoms with Crippen LogP contribution in [-0.4, -0.2) is 25.8 Å². The summed E-state index contributed by atoms with van der Waals surface area (Å²) >= 11 is 0. The Kier molecular flexibility index (Phi) is 4.86. The number of rotatable bonds is 5. The minimum Gasteiger partial charge on any atom is -0.396 e. The summed E-state index contributed by atoms with van der Waals surface area (Å²) in [7, 11) is -3.81. The van der Waals surface area contributed by atoms with E-state index in [-0.39, 0.29) is 23.7 Å². The van der Waals surface area contributed by atoms with Crippen molar-refractivity contribution in [3.05, 3.63) is 24.0 Å². The van der Waals surface area contributed by atoms with Crippen LogP contribution in [0.2, 0.25) is 0 Å². The molecule has 0 heterocycles. The van der Waals surface area contributed by atoms with Gasteiger partial charge in [-0.2, -0.15) is 9.57 Å².